The Morgan fingerprint density at radius 2 is 1.70 bits per heavy atom. The van der Waals surface area contributed by atoms with Gasteiger partial charge in [0.05, 0.1) is 5.75 Å². The minimum absolute atomic E-state index is 0.0285. The van der Waals surface area contributed by atoms with Crippen molar-refractivity contribution in [1.82, 2.24) is 5.32 Å². The van der Waals surface area contributed by atoms with Crippen molar-refractivity contribution in [2.24, 2.45) is 0 Å². The molecule has 2 aromatic rings. The van der Waals surface area contributed by atoms with Crippen LogP contribution in [0.15, 0.2) is 42.5 Å². The first-order chi connectivity index (χ1) is 11.2. The fourth-order valence-electron chi connectivity index (χ4n) is 2.42. The number of nitrogens with one attached hydrogen (secondary N) is 2. The Morgan fingerprint density at radius 1 is 0.913 bits per heavy atom. The van der Waals surface area contributed by atoms with Crippen molar-refractivity contribution in [3.63, 3.8) is 0 Å². The van der Waals surface area contributed by atoms with Gasteiger partial charge in [0.1, 0.15) is 0 Å². The highest BCUT2D eigenvalue weighted by Gasteiger charge is 2.05. The molecular formula is C18H22N2O2S. The Balaban J connectivity index is 1.73. The summed E-state index contributed by atoms with van der Waals surface area (Å²) in [7, 11) is 0. The SMILES string of the molecule is O=C(CS)NCCCCCC(=O)Nc1cccc2ccccc12. The molecule has 0 unspecified atom stereocenters. The Labute approximate surface area is 142 Å². The van der Waals surface area contributed by atoms with Crippen LogP contribution in [-0.2, 0) is 9.59 Å². The molecule has 0 radical (unpaired) electrons. The van der Waals surface area contributed by atoms with E-state index in [1.54, 1.807) is 0 Å². The second-order valence-electron chi connectivity index (χ2n) is 5.39. The van der Waals surface area contributed by atoms with Gasteiger partial charge in [-0.3, -0.25) is 9.59 Å². The average Bonchev–Trinajstić information content (AvgIpc) is 2.58. The number of rotatable bonds is 8. The van der Waals surface area contributed by atoms with Gasteiger partial charge in [-0.15, -0.1) is 0 Å². The normalized spacial score (nSPS) is 10.5. The van der Waals surface area contributed by atoms with Crippen molar-refractivity contribution >= 4 is 40.9 Å². The van der Waals surface area contributed by atoms with E-state index >= 15 is 0 Å². The maximum atomic E-state index is 12.1. The minimum Gasteiger partial charge on any atom is -0.355 e. The third-order valence-corrected chi connectivity index (χ3v) is 3.90. The van der Waals surface area contributed by atoms with Gasteiger partial charge >= 0.3 is 0 Å². The molecule has 5 heteroatoms. The number of hydrogen-bond acceptors (Lipinski definition) is 3. The van der Waals surface area contributed by atoms with Gasteiger partial charge in [0.15, 0.2) is 0 Å². The number of hydrogen-bond donors (Lipinski definition) is 3. The standard InChI is InChI=1S/C18H22N2O2S/c21-17(11-2-1-5-12-19-18(22)13-23)20-16-10-6-8-14-7-3-4-9-15(14)16/h3-4,6-10,23H,1-2,5,11-13H2,(H,19,22)(H,20,21). The molecule has 0 atom stereocenters. The molecule has 0 saturated carbocycles. The fraction of sp³-hybridized carbons (Fsp3) is 0.333. The number of benzene rings is 2. The van der Waals surface area contributed by atoms with E-state index in [1.165, 1.54) is 0 Å². The van der Waals surface area contributed by atoms with Crippen LogP contribution in [0, 0.1) is 0 Å². The number of thiol groups is 1. The lowest BCUT2D eigenvalue weighted by Crippen LogP contribution is -2.25. The molecule has 0 aromatic heterocycles. The molecule has 0 saturated heterocycles. The second-order valence-corrected chi connectivity index (χ2v) is 5.71. The number of unbranched alkanes of at least 4 members (excludes halogenated alkanes) is 2. The Hall–Kier alpha value is -2.01. The molecule has 122 valence electrons. The number of carbonyl (C=O) groups excluding carboxylic acids is 2. The van der Waals surface area contributed by atoms with E-state index in [0.29, 0.717) is 13.0 Å². The molecule has 0 bridgehead atoms. The predicted molar refractivity (Wildman–Crippen MR) is 97.9 cm³/mol. The van der Waals surface area contributed by atoms with E-state index in [2.05, 4.69) is 23.3 Å². The van der Waals surface area contributed by atoms with E-state index in [1.807, 2.05) is 42.5 Å². The summed E-state index contributed by atoms with van der Waals surface area (Å²) in [5.74, 6) is 0.191. The molecule has 0 aliphatic rings. The van der Waals surface area contributed by atoms with Crippen LogP contribution in [0.4, 0.5) is 5.69 Å². The smallest absolute Gasteiger partial charge is 0.229 e. The van der Waals surface area contributed by atoms with Crippen LogP contribution in [0.3, 0.4) is 0 Å². The van der Waals surface area contributed by atoms with Crippen molar-refractivity contribution in [3.8, 4) is 0 Å². The maximum absolute atomic E-state index is 12.1. The average molecular weight is 330 g/mol. The summed E-state index contributed by atoms with van der Waals surface area (Å²) >= 11 is 3.89. The van der Waals surface area contributed by atoms with E-state index in [9.17, 15) is 9.59 Å². The lowest BCUT2D eigenvalue weighted by Gasteiger charge is -2.09. The van der Waals surface area contributed by atoms with Gasteiger partial charge in [0.25, 0.3) is 0 Å². The minimum atomic E-state index is -0.0537. The van der Waals surface area contributed by atoms with Gasteiger partial charge in [-0.2, -0.15) is 12.6 Å². The number of fused-ring (bicyclic) bond motifs is 1. The first kappa shape index (κ1) is 17.3. The highest BCUT2D eigenvalue weighted by molar-refractivity contribution is 7.81. The molecule has 2 aromatic carbocycles. The van der Waals surface area contributed by atoms with Crippen LogP contribution >= 0.6 is 12.6 Å². The first-order valence-corrected chi connectivity index (χ1v) is 8.49. The van der Waals surface area contributed by atoms with Gasteiger partial charge in [-0.1, -0.05) is 42.8 Å². The molecule has 2 N–H and O–H groups in total. The summed E-state index contributed by atoms with van der Waals surface area (Å²) in [5.41, 5.74) is 0.856. The molecule has 2 amide bonds. The zero-order chi connectivity index (χ0) is 16.5. The highest BCUT2D eigenvalue weighted by Crippen LogP contribution is 2.23. The molecule has 0 aliphatic carbocycles. The van der Waals surface area contributed by atoms with Crippen LogP contribution in [0.5, 0.6) is 0 Å². The number of anilines is 1. The Kier molecular flexibility index (Phi) is 6.94. The van der Waals surface area contributed by atoms with Gasteiger partial charge in [-0.05, 0) is 24.3 Å². The summed E-state index contributed by atoms with van der Waals surface area (Å²) in [5, 5.41) is 7.92. The zero-order valence-corrected chi connectivity index (χ0v) is 13.9. The molecule has 0 fully saturated rings. The van der Waals surface area contributed by atoms with Crippen LogP contribution in [0.2, 0.25) is 0 Å². The molecule has 0 heterocycles. The number of carbonyl (C=O) groups is 2. The quantitative estimate of drug-likeness (QED) is 0.513. The third-order valence-electron chi connectivity index (χ3n) is 3.61. The first-order valence-electron chi connectivity index (χ1n) is 7.86. The highest BCUT2D eigenvalue weighted by atomic mass is 32.1. The largest absolute Gasteiger partial charge is 0.355 e. The number of amides is 2. The van der Waals surface area contributed by atoms with Gasteiger partial charge < -0.3 is 10.6 Å². The summed E-state index contributed by atoms with van der Waals surface area (Å²) in [4.78, 5) is 23.1. The van der Waals surface area contributed by atoms with Crippen LogP contribution in [-0.4, -0.2) is 24.1 Å². The van der Waals surface area contributed by atoms with Gasteiger partial charge in [-0.25, -0.2) is 0 Å². The van der Waals surface area contributed by atoms with E-state index in [0.717, 1.165) is 35.7 Å². The fourth-order valence-corrected chi connectivity index (χ4v) is 2.53. The Morgan fingerprint density at radius 3 is 2.52 bits per heavy atom. The van der Waals surface area contributed by atoms with E-state index in [-0.39, 0.29) is 17.6 Å². The molecule has 23 heavy (non-hydrogen) atoms. The van der Waals surface area contributed by atoms with Crippen LogP contribution in [0.25, 0.3) is 10.8 Å². The maximum Gasteiger partial charge on any atom is 0.229 e. The van der Waals surface area contributed by atoms with Crippen molar-refractivity contribution in [2.75, 3.05) is 17.6 Å². The topological polar surface area (TPSA) is 58.2 Å². The van der Waals surface area contributed by atoms with Crippen molar-refractivity contribution in [1.29, 1.82) is 0 Å². The van der Waals surface area contributed by atoms with Crippen molar-refractivity contribution < 1.29 is 9.59 Å². The summed E-state index contributed by atoms with van der Waals surface area (Å²) in [6.45, 7) is 0.643. The Bertz CT molecular complexity index is 668. The summed E-state index contributed by atoms with van der Waals surface area (Å²) in [6, 6.07) is 13.9. The summed E-state index contributed by atoms with van der Waals surface area (Å²) in [6.07, 6.45) is 3.09. The van der Waals surface area contributed by atoms with Gasteiger partial charge in [0.2, 0.25) is 11.8 Å². The third kappa shape index (κ3) is 5.60. The molecule has 0 aliphatic heterocycles. The van der Waals surface area contributed by atoms with Gasteiger partial charge in [0, 0.05) is 24.0 Å². The van der Waals surface area contributed by atoms with Crippen molar-refractivity contribution in [2.45, 2.75) is 25.7 Å². The molecule has 4 nitrogen and oxygen atoms in total. The lowest BCUT2D eigenvalue weighted by atomic mass is 10.1. The molecule has 0 spiro atoms. The molecule has 2 rings (SSSR count). The van der Waals surface area contributed by atoms with E-state index < -0.39 is 0 Å². The van der Waals surface area contributed by atoms with Crippen molar-refractivity contribution in [3.05, 3.63) is 42.5 Å². The predicted octanol–water partition coefficient (Wildman–Crippen LogP) is 3.38. The zero-order valence-electron chi connectivity index (χ0n) is 13.0. The van der Waals surface area contributed by atoms with Crippen LogP contribution < -0.4 is 10.6 Å². The van der Waals surface area contributed by atoms with Crippen LogP contribution in [0.1, 0.15) is 25.7 Å². The molecular weight excluding hydrogens is 308 g/mol. The lowest BCUT2D eigenvalue weighted by molar-refractivity contribution is -0.118. The summed E-state index contributed by atoms with van der Waals surface area (Å²) < 4.78 is 0. The van der Waals surface area contributed by atoms with E-state index in [4.69, 9.17) is 0 Å². The monoisotopic (exact) mass is 330 g/mol. The second kappa shape index (κ2) is 9.20.